The Hall–Kier alpha value is -0.920. The Morgan fingerprint density at radius 3 is 2.63 bits per heavy atom. The third-order valence-corrected chi connectivity index (χ3v) is 4.42. The lowest BCUT2D eigenvalue weighted by atomic mass is 10.1. The van der Waals surface area contributed by atoms with E-state index in [-0.39, 0.29) is 16.4 Å². The first-order chi connectivity index (χ1) is 8.75. The Labute approximate surface area is 121 Å². The summed E-state index contributed by atoms with van der Waals surface area (Å²) in [6.45, 7) is 4.60. The van der Waals surface area contributed by atoms with Crippen LogP contribution in [0.3, 0.4) is 0 Å². The first-order valence-electron chi connectivity index (χ1n) is 5.86. The fraction of sp³-hybridized carbons (Fsp3) is 0.417. The molecule has 0 saturated carbocycles. The van der Waals surface area contributed by atoms with Crippen molar-refractivity contribution in [1.82, 2.24) is 5.32 Å². The number of rotatable bonds is 5. The van der Waals surface area contributed by atoms with Crippen molar-refractivity contribution in [2.75, 3.05) is 6.54 Å². The highest BCUT2D eigenvalue weighted by atomic mass is 79.9. The number of nitrogens with one attached hydrogen (secondary N) is 1. The van der Waals surface area contributed by atoms with Crippen molar-refractivity contribution < 1.29 is 13.2 Å². The number of halogens is 1. The maximum atomic E-state index is 12.0. The summed E-state index contributed by atoms with van der Waals surface area (Å²) < 4.78 is 23.1. The molecule has 1 atom stereocenters. The molecule has 0 saturated heterocycles. The van der Waals surface area contributed by atoms with E-state index in [4.69, 9.17) is 5.14 Å². The minimum Gasteiger partial charge on any atom is -0.352 e. The molecule has 1 amide bonds. The minimum atomic E-state index is -3.81. The predicted molar refractivity (Wildman–Crippen MR) is 77.3 cm³/mol. The fourth-order valence-electron chi connectivity index (χ4n) is 1.36. The monoisotopic (exact) mass is 348 g/mol. The van der Waals surface area contributed by atoms with E-state index in [9.17, 15) is 13.2 Å². The van der Waals surface area contributed by atoms with Crippen LogP contribution in [0, 0.1) is 5.92 Å². The van der Waals surface area contributed by atoms with Crippen LogP contribution in [0.1, 0.15) is 30.6 Å². The minimum absolute atomic E-state index is 0.0793. The highest BCUT2D eigenvalue weighted by molar-refractivity contribution is 9.10. The Balaban J connectivity index is 2.96. The fourth-order valence-corrected chi connectivity index (χ4v) is 2.33. The molecule has 1 aromatic rings. The number of amides is 1. The molecule has 0 radical (unpaired) electrons. The molecule has 19 heavy (non-hydrogen) atoms. The molecule has 0 heterocycles. The number of hydrogen-bond acceptors (Lipinski definition) is 3. The van der Waals surface area contributed by atoms with Gasteiger partial charge in [0.25, 0.3) is 5.91 Å². The SMILES string of the molecule is CCC(C)CNC(=O)c1cc(S(N)(=O)=O)ccc1Br. The first kappa shape index (κ1) is 16.1. The summed E-state index contributed by atoms with van der Waals surface area (Å²) in [5.41, 5.74) is 0.259. The van der Waals surface area contributed by atoms with E-state index >= 15 is 0 Å². The number of carbonyl (C=O) groups excluding carboxylic acids is 1. The average molecular weight is 349 g/mol. The van der Waals surface area contributed by atoms with Crippen LogP contribution in [-0.2, 0) is 10.0 Å². The number of carbonyl (C=O) groups is 1. The molecule has 7 heteroatoms. The van der Waals surface area contributed by atoms with Crippen molar-refractivity contribution in [2.45, 2.75) is 25.2 Å². The van der Waals surface area contributed by atoms with Gasteiger partial charge in [-0.2, -0.15) is 0 Å². The Bertz CT molecular complexity index is 572. The molecule has 0 bridgehead atoms. The standard InChI is InChI=1S/C12H17BrN2O3S/c1-3-8(2)7-15-12(16)10-6-9(19(14,17)18)4-5-11(10)13/h4-6,8H,3,7H2,1-2H3,(H,15,16)(H2,14,17,18). The van der Waals surface area contributed by atoms with Gasteiger partial charge < -0.3 is 5.32 Å². The van der Waals surface area contributed by atoms with Crippen LogP contribution in [0.4, 0.5) is 0 Å². The molecule has 0 aliphatic carbocycles. The summed E-state index contributed by atoms with van der Waals surface area (Å²) in [6.07, 6.45) is 0.957. The second-order valence-electron chi connectivity index (χ2n) is 4.41. The van der Waals surface area contributed by atoms with E-state index < -0.39 is 10.0 Å². The van der Waals surface area contributed by atoms with Crippen LogP contribution in [0.5, 0.6) is 0 Å². The van der Waals surface area contributed by atoms with Crippen molar-refractivity contribution in [3.05, 3.63) is 28.2 Å². The smallest absolute Gasteiger partial charge is 0.252 e. The first-order valence-corrected chi connectivity index (χ1v) is 8.20. The van der Waals surface area contributed by atoms with Crippen LogP contribution < -0.4 is 10.5 Å². The van der Waals surface area contributed by atoms with Crippen LogP contribution in [0.25, 0.3) is 0 Å². The average Bonchev–Trinajstić information content (AvgIpc) is 2.34. The molecule has 0 spiro atoms. The van der Waals surface area contributed by atoms with E-state index in [1.165, 1.54) is 18.2 Å². The molecule has 0 aliphatic rings. The second-order valence-corrected chi connectivity index (χ2v) is 6.83. The van der Waals surface area contributed by atoms with Crippen LogP contribution in [-0.4, -0.2) is 20.9 Å². The Morgan fingerprint density at radius 2 is 2.11 bits per heavy atom. The number of benzene rings is 1. The maximum absolute atomic E-state index is 12.0. The van der Waals surface area contributed by atoms with Gasteiger partial charge in [0.1, 0.15) is 0 Å². The summed E-state index contributed by atoms with van der Waals surface area (Å²) in [7, 11) is -3.81. The molecule has 1 rings (SSSR count). The molecule has 0 aromatic heterocycles. The van der Waals surface area contributed by atoms with Crippen molar-refractivity contribution in [1.29, 1.82) is 0 Å². The molecule has 1 unspecified atom stereocenters. The number of sulfonamides is 1. The second kappa shape index (κ2) is 6.49. The Morgan fingerprint density at radius 1 is 1.47 bits per heavy atom. The van der Waals surface area contributed by atoms with E-state index in [2.05, 4.69) is 21.2 Å². The Kier molecular flexibility index (Phi) is 5.51. The van der Waals surface area contributed by atoms with Crippen LogP contribution in [0.2, 0.25) is 0 Å². The van der Waals surface area contributed by atoms with Gasteiger partial charge in [-0.05, 0) is 40.0 Å². The van der Waals surface area contributed by atoms with Gasteiger partial charge in [0.05, 0.1) is 10.5 Å². The van der Waals surface area contributed by atoms with Crippen molar-refractivity contribution in [2.24, 2.45) is 11.1 Å². The van der Waals surface area contributed by atoms with Gasteiger partial charge in [-0.25, -0.2) is 13.6 Å². The summed E-state index contributed by atoms with van der Waals surface area (Å²) in [4.78, 5) is 11.9. The quantitative estimate of drug-likeness (QED) is 0.850. The van der Waals surface area contributed by atoms with Crippen molar-refractivity contribution >= 4 is 31.9 Å². The van der Waals surface area contributed by atoms with Gasteiger partial charge in [0.2, 0.25) is 10.0 Å². The lowest BCUT2D eigenvalue weighted by Gasteiger charge is -2.11. The van der Waals surface area contributed by atoms with Crippen LogP contribution in [0.15, 0.2) is 27.6 Å². The normalized spacial score (nSPS) is 13.1. The van der Waals surface area contributed by atoms with Crippen LogP contribution >= 0.6 is 15.9 Å². The lowest BCUT2D eigenvalue weighted by Crippen LogP contribution is -2.28. The van der Waals surface area contributed by atoms with E-state index in [1.807, 2.05) is 13.8 Å². The van der Waals surface area contributed by atoms with Gasteiger partial charge in [-0.1, -0.05) is 20.3 Å². The molecule has 5 nitrogen and oxygen atoms in total. The van der Waals surface area contributed by atoms with E-state index in [0.717, 1.165) is 6.42 Å². The zero-order valence-electron chi connectivity index (χ0n) is 10.8. The zero-order chi connectivity index (χ0) is 14.6. The van der Waals surface area contributed by atoms with Gasteiger partial charge >= 0.3 is 0 Å². The summed E-state index contributed by atoms with van der Waals surface area (Å²) in [6, 6.07) is 4.12. The third kappa shape index (κ3) is 4.59. The van der Waals surface area contributed by atoms with E-state index in [1.54, 1.807) is 0 Å². The molecule has 106 valence electrons. The molecule has 3 N–H and O–H groups in total. The number of hydrogen-bond donors (Lipinski definition) is 2. The maximum Gasteiger partial charge on any atom is 0.252 e. The molecule has 1 aromatic carbocycles. The largest absolute Gasteiger partial charge is 0.352 e. The number of nitrogens with two attached hydrogens (primary N) is 1. The zero-order valence-corrected chi connectivity index (χ0v) is 13.2. The van der Waals surface area contributed by atoms with Crippen molar-refractivity contribution in [3.63, 3.8) is 0 Å². The molecular weight excluding hydrogens is 332 g/mol. The third-order valence-electron chi connectivity index (χ3n) is 2.82. The highest BCUT2D eigenvalue weighted by Gasteiger charge is 2.15. The van der Waals surface area contributed by atoms with Gasteiger partial charge in [0, 0.05) is 11.0 Å². The lowest BCUT2D eigenvalue weighted by molar-refractivity contribution is 0.0947. The van der Waals surface area contributed by atoms with E-state index in [0.29, 0.717) is 16.9 Å². The predicted octanol–water partition coefficient (Wildman–Crippen LogP) is 1.87. The summed E-state index contributed by atoms with van der Waals surface area (Å²) in [5, 5.41) is 7.81. The number of primary sulfonamides is 1. The van der Waals surface area contributed by atoms with Crippen molar-refractivity contribution in [3.8, 4) is 0 Å². The summed E-state index contributed by atoms with van der Waals surface area (Å²) in [5.74, 6) is 0.0434. The van der Waals surface area contributed by atoms with Gasteiger partial charge in [0.15, 0.2) is 0 Å². The molecule has 0 fully saturated rings. The topological polar surface area (TPSA) is 89.3 Å². The van der Waals surface area contributed by atoms with Gasteiger partial charge in [-0.3, -0.25) is 4.79 Å². The summed E-state index contributed by atoms with van der Waals surface area (Å²) >= 11 is 3.23. The van der Waals surface area contributed by atoms with Gasteiger partial charge in [-0.15, -0.1) is 0 Å². The molecule has 0 aliphatic heterocycles. The molecular formula is C12H17BrN2O3S. The highest BCUT2D eigenvalue weighted by Crippen LogP contribution is 2.20.